The van der Waals surface area contributed by atoms with Crippen LogP contribution in [0, 0.1) is 7.14 Å². The van der Waals surface area contributed by atoms with Crippen LogP contribution in [0.25, 0.3) is 0 Å². The molecule has 0 saturated heterocycles. The van der Waals surface area contributed by atoms with Crippen molar-refractivity contribution in [1.29, 1.82) is 0 Å². The lowest BCUT2D eigenvalue weighted by molar-refractivity contribution is -0.146. The second-order valence-electron chi connectivity index (χ2n) is 4.48. The Morgan fingerprint density at radius 2 is 1.50 bits per heavy atom. The predicted molar refractivity (Wildman–Crippen MR) is 96.5 cm³/mol. The van der Waals surface area contributed by atoms with Crippen molar-refractivity contribution in [3.8, 4) is 0 Å². The van der Waals surface area contributed by atoms with Crippen LogP contribution in [0.2, 0.25) is 0 Å². The van der Waals surface area contributed by atoms with Gasteiger partial charge in [-0.25, -0.2) is 0 Å². The first-order valence-electron chi connectivity index (χ1n) is 6.22. The van der Waals surface area contributed by atoms with Gasteiger partial charge in [0.15, 0.2) is 0 Å². The number of hydrogen-bond donors (Lipinski definition) is 0. The van der Waals surface area contributed by atoms with Crippen molar-refractivity contribution in [1.82, 2.24) is 0 Å². The molecule has 2 rings (SSSR count). The molecule has 0 saturated carbocycles. The molecule has 0 aromatic heterocycles. The fourth-order valence-electron chi connectivity index (χ4n) is 1.94. The number of rotatable bonds is 4. The smallest absolute Gasteiger partial charge is 0.303 e. The number of esters is 1. The average Bonchev–Trinajstić information content (AvgIpc) is 2.41. The lowest BCUT2D eigenvalue weighted by Gasteiger charge is -2.18. The highest BCUT2D eigenvalue weighted by Gasteiger charge is 2.15. The molecule has 0 radical (unpaired) electrons. The lowest BCUT2D eigenvalue weighted by Crippen LogP contribution is -2.11. The van der Waals surface area contributed by atoms with Gasteiger partial charge in [0.25, 0.3) is 0 Å². The average molecular weight is 492 g/mol. The molecule has 0 amide bonds. The first kappa shape index (κ1) is 15.8. The van der Waals surface area contributed by atoms with E-state index >= 15 is 0 Å². The molecular weight excluding hydrogens is 478 g/mol. The molecule has 1 unspecified atom stereocenters. The summed E-state index contributed by atoms with van der Waals surface area (Å²) in [6, 6.07) is 16.4. The lowest BCUT2D eigenvalue weighted by atomic mass is 10.0. The van der Waals surface area contributed by atoms with E-state index in [4.69, 9.17) is 4.74 Å². The first-order valence-corrected chi connectivity index (χ1v) is 8.37. The molecule has 0 aliphatic heterocycles. The van der Waals surface area contributed by atoms with E-state index in [-0.39, 0.29) is 12.1 Å². The summed E-state index contributed by atoms with van der Waals surface area (Å²) in [6.45, 7) is 1.45. The molecule has 0 aliphatic rings. The van der Waals surface area contributed by atoms with E-state index in [1.807, 2.05) is 24.3 Å². The second kappa shape index (κ2) is 7.40. The topological polar surface area (TPSA) is 26.3 Å². The Bertz CT molecular complexity index is 576. The largest absolute Gasteiger partial charge is 0.457 e. The van der Waals surface area contributed by atoms with E-state index in [1.165, 1.54) is 14.1 Å². The van der Waals surface area contributed by atoms with Gasteiger partial charge < -0.3 is 4.74 Å². The molecule has 0 spiro atoms. The van der Waals surface area contributed by atoms with Crippen LogP contribution in [0.5, 0.6) is 0 Å². The highest BCUT2D eigenvalue weighted by atomic mass is 127. The third-order valence-electron chi connectivity index (χ3n) is 2.88. The molecule has 0 N–H and O–H groups in total. The zero-order valence-corrected chi connectivity index (χ0v) is 15.3. The molecule has 2 nitrogen and oxygen atoms in total. The fourth-order valence-corrected chi connectivity index (χ4v) is 2.66. The highest BCUT2D eigenvalue weighted by molar-refractivity contribution is 14.1. The van der Waals surface area contributed by atoms with Crippen LogP contribution in [0.15, 0.2) is 48.5 Å². The molecule has 0 aliphatic carbocycles. The van der Waals surface area contributed by atoms with E-state index in [9.17, 15) is 4.79 Å². The number of hydrogen-bond acceptors (Lipinski definition) is 2. The van der Waals surface area contributed by atoms with Crippen molar-refractivity contribution >= 4 is 51.2 Å². The van der Waals surface area contributed by atoms with Crippen LogP contribution < -0.4 is 0 Å². The standard InChI is InChI=1S/C16H14I2O2/c1-11(19)20-16(13-4-8-15(18)9-5-13)10-12-2-6-14(17)7-3-12/h2-9,16H,10H2,1H3. The minimum atomic E-state index is -0.251. The number of carbonyl (C=O) groups is 1. The highest BCUT2D eigenvalue weighted by Crippen LogP contribution is 2.24. The van der Waals surface area contributed by atoms with Gasteiger partial charge in [0.2, 0.25) is 0 Å². The van der Waals surface area contributed by atoms with Crippen LogP contribution >= 0.6 is 45.2 Å². The van der Waals surface area contributed by atoms with Gasteiger partial charge in [-0.1, -0.05) is 24.3 Å². The third-order valence-corrected chi connectivity index (χ3v) is 4.32. The Balaban J connectivity index is 2.21. The zero-order valence-electron chi connectivity index (χ0n) is 11.0. The molecule has 0 heterocycles. The Kier molecular flexibility index (Phi) is 5.83. The molecule has 0 bridgehead atoms. The van der Waals surface area contributed by atoms with Crippen LogP contribution in [-0.2, 0) is 16.0 Å². The Morgan fingerprint density at radius 3 is 2.00 bits per heavy atom. The Labute approximate surface area is 146 Å². The molecule has 20 heavy (non-hydrogen) atoms. The van der Waals surface area contributed by atoms with Crippen molar-refractivity contribution in [3.63, 3.8) is 0 Å². The number of ether oxygens (including phenoxy) is 1. The van der Waals surface area contributed by atoms with Crippen LogP contribution in [0.3, 0.4) is 0 Å². The number of carbonyl (C=O) groups excluding carboxylic acids is 1. The quantitative estimate of drug-likeness (QED) is 0.456. The maximum Gasteiger partial charge on any atom is 0.303 e. The normalized spacial score (nSPS) is 11.9. The van der Waals surface area contributed by atoms with Gasteiger partial charge in [0.05, 0.1) is 0 Å². The van der Waals surface area contributed by atoms with Gasteiger partial charge in [0.1, 0.15) is 6.10 Å². The summed E-state index contributed by atoms with van der Waals surface area (Å²) in [7, 11) is 0. The van der Waals surface area contributed by atoms with E-state index in [1.54, 1.807) is 0 Å². The predicted octanol–water partition coefficient (Wildman–Crippen LogP) is 4.74. The SMILES string of the molecule is CC(=O)OC(Cc1ccc(I)cc1)c1ccc(I)cc1. The van der Waals surface area contributed by atoms with Gasteiger partial charge in [0, 0.05) is 20.5 Å². The summed E-state index contributed by atoms with van der Waals surface area (Å²) in [4.78, 5) is 11.3. The monoisotopic (exact) mass is 492 g/mol. The molecule has 2 aromatic carbocycles. The molecule has 2 aromatic rings. The number of benzene rings is 2. The molecule has 0 fully saturated rings. The van der Waals surface area contributed by atoms with E-state index in [0.717, 1.165) is 11.1 Å². The van der Waals surface area contributed by atoms with Crippen molar-refractivity contribution in [3.05, 3.63) is 66.8 Å². The summed E-state index contributed by atoms with van der Waals surface area (Å²) in [6.07, 6.45) is 0.460. The van der Waals surface area contributed by atoms with Crippen LogP contribution in [0.1, 0.15) is 24.2 Å². The molecule has 4 heteroatoms. The van der Waals surface area contributed by atoms with Crippen molar-refractivity contribution in [2.24, 2.45) is 0 Å². The summed E-state index contributed by atoms with van der Waals surface area (Å²) in [5, 5.41) is 0. The maximum absolute atomic E-state index is 11.3. The molecule has 1 atom stereocenters. The summed E-state index contributed by atoms with van der Waals surface area (Å²) >= 11 is 4.54. The summed E-state index contributed by atoms with van der Waals surface area (Å²) in [5.74, 6) is -0.251. The number of halogens is 2. The second-order valence-corrected chi connectivity index (χ2v) is 6.97. The van der Waals surface area contributed by atoms with Gasteiger partial charge in [-0.05, 0) is 80.6 Å². The fraction of sp³-hybridized carbons (Fsp3) is 0.188. The van der Waals surface area contributed by atoms with E-state index in [0.29, 0.717) is 6.42 Å². The minimum absolute atomic E-state index is 0.232. The van der Waals surface area contributed by atoms with Gasteiger partial charge >= 0.3 is 5.97 Å². The third kappa shape index (κ3) is 4.73. The summed E-state index contributed by atoms with van der Waals surface area (Å²) < 4.78 is 7.83. The van der Waals surface area contributed by atoms with Gasteiger partial charge in [-0.2, -0.15) is 0 Å². The van der Waals surface area contributed by atoms with E-state index < -0.39 is 0 Å². The Morgan fingerprint density at radius 1 is 1.00 bits per heavy atom. The van der Waals surface area contributed by atoms with E-state index in [2.05, 4.69) is 69.4 Å². The zero-order chi connectivity index (χ0) is 14.5. The summed E-state index contributed by atoms with van der Waals surface area (Å²) in [5.41, 5.74) is 2.19. The first-order chi connectivity index (χ1) is 9.54. The molecule has 104 valence electrons. The van der Waals surface area contributed by atoms with Gasteiger partial charge in [-0.3, -0.25) is 4.79 Å². The maximum atomic E-state index is 11.3. The van der Waals surface area contributed by atoms with Crippen molar-refractivity contribution < 1.29 is 9.53 Å². The van der Waals surface area contributed by atoms with Crippen LogP contribution in [-0.4, -0.2) is 5.97 Å². The minimum Gasteiger partial charge on any atom is -0.457 e. The molecular formula is C16H14I2O2. The van der Waals surface area contributed by atoms with Crippen molar-refractivity contribution in [2.75, 3.05) is 0 Å². The Hall–Kier alpha value is -0.630. The van der Waals surface area contributed by atoms with Gasteiger partial charge in [-0.15, -0.1) is 0 Å². The van der Waals surface area contributed by atoms with Crippen molar-refractivity contribution in [2.45, 2.75) is 19.4 Å². The van der Waals surface area contributed by atoms with Crippen LogP contribution in [0.4, 0.5) is 0 Å².